The smallest absolute Gasteiger partial charge is 0.128 e. The van der Waals surface area contributed by atoms with Gasteiger partial charge in [-0.2, -0.15) is 0 Å². The van der Waals surface area contributed by atoms with Crippen LogP contribution in [0.2, 0.25) is 0 Å². The van der Waals surface area contributed by atoms with Crippen molar-refractivity contribution in [2.24, 2.45) is 0 Å². The van der Waals surface area contributed by atoms with Crippen LogP contribution in [-0.2, 0) is 0 Å². The van der Waals surface area contributed by atoms with Gasteiger partial charge in [-0.05, 0) is 106 Å². The van der Waals surface area contributed by atoms with Crippen LogP contribution in [0.5, 0.6) is 5.75 Å². The van der Waals surface area contributed by atoms with E-state index < -0.39 is 0 Å². The quantitative estimate of drug-likeness (QED) is 0.151. The molecule has 0 spiro atoms. The van der Waals surface area contributed by atoms with Crippen LogP contribution < -0.4 is 9.64 Å². The molecule has 1 saturated carbocycles. The molecule has 3 aliphatic rings. The number of para-hydroxylation sites is 6. The maximum atomic E-state index is 6.48. The summed E-state index contributed by atoms with van der Waals surface area (Å²) in [6.07, 6.45) is 13.4. The Hall–Kier alpha value is -7.88. The van der Waals surface area contributed by atoms with Gasteiger partial charge >= 0.3 is 0 Å². The maximum Gasteiger partial charge on any atom is 0.128 e. The summed E-state index contributed by atoms with van der Waals surface area (Å²) in [4.78, 5) is 2.57. The molecule has 10 aromatic rings. The molecule has 9 aromatic carbocycles. The number of fused-ring (bicyclic) bond motifs is 7. The Balaban J connectivity index is 1.08. The Morgan fingerprint density at radius 3 is 1.79 bits per heavy atom. The molecule has 1 fully saturated rings. The van der Waals surface area contributed by atoms with Crippen molar-refractivity contribution < 1.29 is 4.74 Å². The van der Waals surface area contributed by atoms with Gasteiger partial charge in [-0.25, -0.2) is 0 Å². The lowest BCUT2D eigenvalue weighted by Gasteiger charge is -2.33. The van der Waals surface area contributed by atoms with E-state index in [1.54, 1.807) is 0 Å². The summed E-state index contributed by atoms with van der Waals surface area (Å²) in [7, 11) is 0. The van der Waals surface area contributed by atoms with Gasteiger partial charge in [0.05, 0.1) is 28.1 Å². The van der Waals surface area contributed by atoms with Gasteiger partial charge in [0.2, 0.25) is 0 Å². The molecule has 3 nitrogen and oxygen atoms in total. The highest BCUT2D eigenvalue weighted by molar-refractivity contribution is 6.17. The predicted octanol–water partition coefficient (Wildman–Crippen LogP) is 17.3. The van der Waals surface area contributed by atoms with Gasteiger partial charge in [0.25, 0.3) is 0 Å². The van der Waals surface area contributed by atoms with E-state index in [9.17, 15) is 0 Å². The molecule has 2 heterocycles. The third-order valence-electron chi connectivity index (χ3n) is 14.7. The number of benzene rings is 9. The lowest BCUT2D eigenvalue weighted by Crippen LogP contribution is -2.18. The monoisotopic (exact) mass is 862 g/mol. The van der Waals surface area contributed by atoms with E-state index in [4.69, 9.17) is 4.74 Å². The molecule has 0 N–H and O–H groups in total. The highest BCUT2D eigenvalue weighted by atomic mass is 16.5. The van der Waals surface area contributed by atoms with Gasteiger partial charge in [0.1, 0.15) is 11.9 Å². The van der Waals surface area contributed by atoms with E-state index in [-0.39, 0.29) is 12.0 Å². The number of hydrogen-bond acceptors (Lipinski definition) is 2. The second kappa shape index (κ2) is 16.5. The van der Waals surface area contributed by atoms with Crippen LogP contribution in [0.3, 0.4) is 0 Å². The lowest BCUT2D eigenvalue weighted by atomic mass is 9.80. The van der Waals surface area contributed by atoms with Crippen LogP contribution in [0.15, 0.2) is 224 Å². The van der Waals surface area contributed by atoms with E-state index in [0.717, 1.165) is 28.5 Å². The molecule has 1 aromatic heterocycles. The molecular weight excluding hydrogens is 813 g/mol. The van der Waals surface area contributed by atoms with Crippen LogP contribution >= 0.6 is 0 Å². The van der Waals surface area contributed by atoms with Gasteiger partial charge < -0.3 is 14.2 Å². The van der Waals surface area contributed by atoms with Crippen molar-refractivity contribution in [2.45, 2.75) is 50.0 Å². The average molecular weight is 863 g/mol. The normalized spacial score (nSPS) is 16.7. The molecule has 0 bridgehead atoms. The second-order valence-corrected chi connectivity index (χ2v) is 18.5. The fraction of sp³-hybridized carbons (Fsp3) is 0.125. The Morgan fingerprint density at radius 1 is 0.448 bits per heavy atom. The fourth-order valence-electron chi connectivity index (χ4n) is 11.8. The van der Waals surface area contributed by atoms with E-state index in [0.29, 0.717) is 5.92 Å². The van der Waals surface area contributed by atoms with Crippen LogP contribution in [-0.4, -0.2) is 10.7 Å². The summed E-state index contributed by atoms with van der Waals surface area (Å²) in [5.41, 5.74) is 16.9. The molecule has 0 amide bonds. The van der Waals surface area contributed by atoms with Crippen molar-refractivity contribution in [1.29, 1.82) is 0 Å². The topological polar surface area (TPSA) is 17.4 Å². The number of anilines is 3. The molecule has 0 saturated heterocycles. The molecule has 1 aliphatic heterocycles. The predicted molar refractivity (Wildman–Crippen MR) is 280 cm³/mol. The number of nitrogens with zero attached hydrogens (tertiary/aromatic N) is 2. The minimum absolute atomic E-state index is 0.0194. The van der Waals surface area contributed by atoms with Crippen molar-refractivity contribution in [3.8, 4) is 33.7 Å². The minimum Gasteiger partial charge on any atom is -0.485 e. The molecule has 2 unspecified atom stereocenters. The highest BCUT2D eigenvalue weighted by Crippen LogP contribution is 2.52. The molecular formula is C64H50N2O. The highest BCUT2D eigenvalue weighted by Gasteiger charge is 2.34. The molecule has 13 rings (SSSR count). The molecule has 2 aliphatic carbocycles. The van der Waals surface area contributed by atoms with Crippen LogP contribution in [0.4, 0.5) is 17.1 Å². The summed E-state index contributed by atoms with van der Waals surface area (Å²) in [6.45, 7) is 0. The number of allylic oxidation sites excluding steroid dienone is 2. The van der Waals surface area contributed by atoms with Crippen molar-refractivity contribution in [2.75, 3.05) is 4.90 Å². The van der Waals surface area contributed by atoms with Crippen molar-refractivity contribution >= 4 is 55.2 Å². The summed E-state index contributed by atoms with van der Waals surface area (Å²) >= 11 is 0. The first-order valence-electron chi connectivity index (χ1n) is 24.1. The third kappa shape index (κ3) is 6.63. The average Bonchev–Trinajstić information content (AvgIpc) is 3.95. The summed E-state index contributed by atoms with van der Waals surface area (Å²) in [5, 5.41) is 5.16. The zero-order chi connectivity index (χ0) is 44.3. The zero-order valence-electron chi connectivity index (χ0n) is 37.4. The number of rotatable bonds is 8. The maximum absolute atomic E-state index is 6.48. The van der Waals surface area contributed by atoms with Crippen LogP contribution in [0.25, 0.3) is 66.1 Å². The number of aromatic nitrogens is 1. The van der Waals surface area contributed by atoms with Crippen molar-refractivity contribution in [3.63, 3.8) is 0 Å². The summed E-state index contributed by atoms with van der Waals surface area (Å²) in [5.74, 6) is 1.66. The Kier molecular flexibility index (Phi) is 9.74. The van der Waals surface area contributed by atoms with Gasteiger partial charge in [-0.15, -0.1) is 0 Å². The van der Waals surface area contributed by atoms with E-state index in [1.807, 2.05) is 0 Å². The number of hydrogen-bond donors (Lipinski definition) is 0. The van der Waals surface area contributed by atoms with Gasteiger partial charge in [-0.3, -0.25) is 0 Å². The largest absolute Gasteiger partial charge is 0.485 e. The van der Waals surface area contributed by atoms with Crippen molar-refractivity contribution in [3.05, 3.63) is 241 Å². The zero-order valence-corrected chi connectivity index (χ0v) is 37.4. The summed E-state index contributed by atoms with van der Waals surface area (Å²) < 4.78 is 8.90. The van der Waals surface area contributed by atoms with Crippen molar-refractivity contribution in [1.82, 2.24) is 4.57 Å². The van der Waals surface area contributed by atoms with E-state index >= 15 is 0 Å². The van der Waals surface area contributed by atoms with E-state index in [2.05, 4.69) is 234 Å². The van der Waals surface area contributed by atoms with Gasteiger partial charge in [-0.1, -0.05) is 189 Å². The first-order chi connectivity index (χ1) is 33.3. The fourth-order valence-corrected chi connectivity index (χ4v) is 11.8. The number of ether oxygens (including phenoxy) is 1. The molecule has 2 atom stereocenters. The van der Waals surface area contributed by atoms with Crippen LogP contribution in [0.1, 0.15) is 60.6 Å². The molecule has 3 heteroatoms. The SMILES string of the molecule is C1=CC2Oc3ccccc3C2C=C1c1ccccc1N(c1ccccc1-c1cccc2cccc(C3CCCCC3)c12)c1ccccc1-c1cccc2c1c1ccccc1n2-c1ccccc1. The molecule has 67 heavy (non-hydrogen) atoms. The van der Waals surface area contributed by atoms with Gasteiger partial charge in [0.15, 0.2) is 0 Å². The minimum atomic E-state index is -0.0194. The first kappa shape index (κ1) is 39.5. The summed E-state index contributed by atoms with van der Waals surface area (Å²) in [6, 6.07) is 76.2. The molecule has 0 radical (unpaired) electrons. The Bertz CT molecular complexity index is 3560. The van der Waals surface area contributed by atoms with Gasteiger partial charge in [0, 0.05) is 44.6 Å². The Labute approximate surface area is 392 Å². The lowest BCUT2D eigenvalue weighted by molar-refractivity contribution is 0.269. The Morgan fingerprint density at radius 2 is 1.01 bits per heavy atom. The second-order valence-electron chi connectivity index (χ2n) is 18.5. The molecule has 322 valence electrons. The van der Waals surface area contributed by atoms with Crippen LogP contribution in [0, 0.1) is 0 Å². The first-order valence-corrected chi connectivity index (χ1v) is 24.1. The third-order valence-corrected chi connectivity index (χ3v) is 14.7. The standard InChI is InChI=1S/C64H50N2O/c1-3-20-43(21-4-1)48-31-17-22-44-23-18-32-52(63(44)48)49-27-8-13-35-57(49)66(56-34-12-7-26-47(56)45-40-41-62-55(42-45)51-29-11-16-39-61(51)67-62)58-36-14-9-28-50(58)53-33-19-38-60-64(53)54-30-10-15-37-59(54)65(60)46-24-5-2-6-25-46/h2,5-19,22-43,55,62H,1,3-4,20-21H2. The van der Waals surface area contributed by atoms with E-state index in [1.165, 1.54) is 109 Å².